The number of nitrogens with zero attached hydrogens (tertiary/aromatic N) is 1. The van der Waals surface area contributed by atoms with Gasteiger partial charge in [-0.15, -0.1) is 0 Å². The highest BCUT2D eigenvalue weighted by atomic mass is 16.4. The molecule has 5 heteroatoms. The molecular formula is C14H18N2O3. The molecule has 1 aliphatic heterocycles. The summed E-state index contributed by atoms with van der Waals surface area (Å²) in [6.07, 6.45) is 0.456. The zero-order valence-electron chi connectivity index (χ0n) is 11.4. The molecule has 1 aromatic carbocycles. The minimum absolute atomic E-state index is 0.0337. The van der Waals surface area contributed by atoms with Crippen molar-refractivity contribution in [3.63, 3.8) is 0 Å². The van der Waals surface area contributed by atoms with Crippen LogP contribution in [0.4, 0.5) is 11.4 Å². The molecule has 1 heterocycles. The van der Waals surface area contributed by atoms with Gasteiger partial charge >= 0.3 is 5.97 Å². The number of nitrogens with one attached hydrogen (secondary N) is 1. The second-order valence-corrected chi connectivity index (χ2v) is 5.62. The third kappa shape index (κ3) is 2.70. The van der Waals surface area contributed by atoms with Crippen LogP contribution in [-0.2, 0) is 16.0 Å². The Morgan fingerprint density at radius 2 is 2.16 bits per heavy atom. The number of carboxylic acids is 1. The highest BCUT2D eigenvalue weighted by Crippen LogP contribution is 2.32. The maximum absolute atomic E-state index is 11.4. The van der Waals surface area contributed by atoms with Crippen molar-refractivity contribution in [3.05, 3.63) is 23.8 Å². The van der Waals surface area contributed by atoms with Gasteiger partial charge in [-0.05, 0) is 38.0 Å². The lowest BCUT2D eigenvalue weighted by molar-refractivity contribution is -0.146. The fraction of sp³-hybridized carbons (Fsp3) is 0.429. The summed E-state index contributed by atoms with van der Waals surface area (Å²) in [6, 6.07) is 5.64. The van der Waals surface area contributed by atoms with Gasteiger partial charge < -0.3 is 15.3 Å². The van der Waals surface area contributed by atoms with E-state index in [9.17, 15) is 9.59 Å². The molecule has 102 valence electrons. The number of fused-ring (bicyclic) bond motifs is 1. The summed E-state index contributed by atoms with van der Waals surface area (Å²) in [5, 5.41) is 12.0. The minimum Gasteiger partial charge on any atom is -0.481 e. The number of carboxylic acid groups (broad SMARTS) is 1. The fourth-order valence-corrected chi connectivity index (χ4v) is 2.18. The van der Waals surface area contributed by atoms with Crippen molar-refractivity contribution in [1.29, 1.82) is 0 Å². The topological polar surface area (TPSA) is 69.6 Å². The van der Waals surface area contributed by atoms with E-state index < -0.39 is 11.4 Å². The highest BCUT2D eigenvalue weighted by Gasteiger charge is 2.28. The summed E-state index contributed by atoms with van der Waals surface area (Å²) in [4.78, 5) is 24.4. The van der Waals surface area contributed by atoms with Crippen LogP contribution < -0.4 is 10.2 Å². The smallest absolute Gasteiger partial charge is 0.309 e. The van der Waals surface area contributed by atoms with Crippen LogP contribution in [0.1, 0.15) is 19.4 Å². The number of carbonyl (C=O) groups is 2. The molecule has 2 rings (SSSR count). The van der Waals surface area contributed by atoms with Gasteiger partial charge in [-0.3, -0.25) is 9.59 Å². The summed E-state index contributed by atoms with van der Waals surface area (Å²) in [5.74, 6) is -0.847. The van der Waals surface area contributed by atoms with Crippen molar-refractivity contribution in [2.45, 2.75) is 20.3 Å². The number of anilines is 2. The maximum Gasteiger partial charge on any atom is 0.309 e. The van der Waals surface area contributed by atoms with Gasteiger partial charge in [-0.2, -0.15) is 0 Å². The molecule has 1 aromatic rings. The minimum atomic E-state index is -0.813. The Bertz CT molecular complexity index is 537. The second kappa shape index (κ2) is 4.57. The van der Waals surface area contributed by atoms with E-state index in [-0.39, 0.29) is 5.91 Å². The summed E-state index contributed by atoms with van der Waals surface area (Å²) in [5.41, 5.74) is 1.85. The van der Waals surface area contributed by atoms with Crippen LogP contribution in [0.25, 0.3) is 0 Å². The van der Waals surface area contributed by atoms with E-state index in [1.54, 1.807) is 13.8 Å². The molecule has 0 bridgehead atoms. The van der Waals surface area contributed by atoms with Crippen LogP contribution >= 0.6 is 0 Å². The molecule has 5 nitrogen and oxygen atoms in total. The number of aliphatic carboxylic acids is 1. The third-order valence-corrected chi connectivity index (χ3v) is 3.35. The van der Waals surface area contributed by atoms with Gasteiger partial charge in [0.2, 0.25) is 5.91 Å². The molecule has 0 aromatic heterocycles. The van der Waals surface area contributed by atoms with Crippen molar-refractivity contribution < 1.29 is 14.7 Å². The lowest BCUT2D eigenvalue weighted by Gasteiger charge is -2.28. The van der Waals surface area contributed by atoms with Crippen molar-refractivity contribution in [2.24, 2.45) is 5.41 Å². The first kappa shape index (κ1) is 13.4. The van der Waals surface area contributed by atoms with E-state index in [0.29, 0.717) is 13.0 Å². The first-order chi connectivity index (χ1) is 8.79. The monoisotopic (exact) mass is 262 g/mol. The number of rotatable bonds is 3. The van der Waals surface area contributed by atoms with Gasteiger partial charge in [0.15, 0.2) is 0 Å². The predicted octanol–water partition coefficient (Wildman–Crippen LogP) is 1.73. The third-order valence-electron chi connectivity index (χ3n) is 3.35. The van der Waals surface area contributed by atoms with Gasteiger partial charge in [-0.1, -0.05) is 6.07 Å². The molecule has 0 saturated heterocycles. The second-order valence-electron chi connectivity index (χ2n) is 5.62. The molecule has 0 unspecified atom stereocenters. The Morgan fingerprint density at radius 3 is 2.79 bits per heavy atom. The number of likely N-dealkylation sites (N-methyl/N-ethyl adjacent to an activating group) is 1. The molecule has 0 saturated carbocycles. The Labute approximate surface area is 112 Å². The summed E-state index contributed by atoms with van der Waals surface area (Å²) >= 11 is 0. The SMILES string of the molecule is CN1CC(=O)Nc2ccc(CC(C)(C)C(=O)O)cc21. The van der Waals surface area contributed by atoms with Crippen molar-refractivity contribution in [1.82, 2.24) is 0 Å². The Kier molecular flexibility index (Phi) is 3.22. The van der Waals surface area contributed by atoms with Crippen molar-refractivity contribution in [2.75, 3.05) is 23.8 Å². The van der Waals surface area contributed by atoms with Crippen LogP contribution in [-0.4, -0.2) is 30.6 Å². The lowest BCUT2D eigenvalue weighted by atomic mass is 9.85. The molecule has 0 fully saturated rings. The standard InChI is InChI=1S/C14H18N2O3/c1-14(2,13(18)19)7-9-4-5-10-11(6-9)16(3)8-12(17)15-10/h4-6H,7-8H2,1-3H3,(H,15,17)(H,18,19). The van der Waals surface area contributed by atoms with Gasteiger partial charge in [-0.25, -0.2) is 0 Å². The average Bonchev–Trinajstić information content (AvgIpc) is 2.29. The molecule has 19 heavy (non-hydrogen) atoms. The molecule has 0 radical (unpaired) electrons. The molecule has 0 atom stereocenters. The van der Waals surface area contributed by atoms with Gasteiger partial charge in [0.05, 0.1) is 23.3 Å². The van der Waals surface area contributed by atoms with Crippen molar-refractivity contribution >= 4 is 23.3 Å². The van der Waals surface area contributed by atoms with Crippen LogP contribution in [0.3, 0.4) is 0 Å². The van der Waals surface area contributed by atoms with E-state index >= 15 is 0 Å². The quantitative estimate of drug-likeness (QED) is 0.870. The van der Waals surface area contributed by atoms with Crippen LogP contribution in [0, 0.1) is 5.41 Å². The molecule has 0 aliphatic carbocycles. The first-order valence-electron chi connectivity index (χ1n) is 6.17. The summed E-state index contributed by atoms with van der Waals surface area (Å²) < 4.78 is 0. The molecule has 1 amide bonds. The van der Waals surface area contributed by atoms with Crippen LogP contribution in [0.5, 0.6) is 0 Å². The fourth-order valence-electron chi connectivity index (χ4n) is 2.18. The number of hydrogen-bond donors (Lipinski definition) is 2. The van der Waals surface area contributed by atoms with Crippen LogP contribution in [0.15, 0.2) is 18.2 Å². The summed E-state index contributed by atoms with van der Waals surface area (Å²) in [6.45, 7) is 3.74. The number of carbonyl (C=O) groups excluding carboxylic acids is 1. The zero-order chi connectivity index (χ0) is 14.2. The van der Waals surface area contributed by atoms with Crippen molar-refractivity contribution in [3.8, 4) is 0 Å². The van der Waals surface area contributed by atoms with E-state index in [4.69, 9.17) is 5.11 Å². The highest BCUT2D eigenvalue weighted by molar-refractivity contribution is 6.01. The van der Waals surface area contributed by atoms with E-state index in [0.717, 1.165) is 16.9 Å². The molecule has 1 aliphatic rings. The molecular weight excluding hydrogens is 244 g/mol. The number of hydrogen-bond acceptors (Lipinski definition) is 3. The zero-order valence-corrected chi connectivity index (χ0v) is 11.4. The van der Waals surface area contributed by atoms with Crippen LogP contribution in [0.2, 0.25) is 0 Å². The van der Waals surface area contributed by atoms with Gasteiger partial charge in [0, 0.05) is 7.05 Å². The Balaban J connectivity index is 2.29. The first-order valence-corrected chi connectivity index (χ1v) is 6.17. The van der Waals surface area contributed by atoms with E-state index in [1.807, 2.05) is 30.1 Å². The molecule has 0 spiro atoms. The lowest BCUT2D eigenvalue weighted by Crippen LogP contribution is -2.35. The van der Waals surface area contributed by atoms with Gasteiger partial charge in [0.25, 0.3) is 0 Å². The van der Waals surface area contributed by atoms with E-state index in [1.165, 1.54) is 0 Å². The maximum atomic E-state index is 11.4. The molecule has 2 N–H and O–H groups in total. The predicted molar refractivity (Wildman–Crippen MR) is 73.5 cm³/mol. The Hall–Kier alpha value is -2.04. The largest absolute Gasteiger partial charge is 0.481 e. The number of amides is 1. The average molecular weight is 262 g/mol. The normalized spacial score (nSPS) is 14.9. The Morgan fingerprint density at radius 1 is 1.47 bits per heavy atom. The van der Waals surface area contributed by atoms with Gasteiger partial charge in [0.1, 0.15) is 0 Å². The summed E-state index contributed by atoms with van der Waals surface area (Å²) in [7, 11) is 1.85. The van der Waals surface area contributed by atoms with E-state index in [2.05, 4.69) is 5.32 Å². The number of benzene rings is 1.